The van der Waals surface area contributed by atoms with Crippen LogP contribution in [0.2, 0.25) is 0 Å². The molecule has 1 aromatic heterocycles. The number of ether oxygens (including phenoxy) is 1. The summed E-state index contributed by atoms with van der Waals surface area (Å²) in [7, 11) is 0. The molecule has 1 aliphatic rings. The summed E-state index contributed by atoms with van der Waals surface area (Å²) >= 11 is 0. The number of esters is 1. The first-order valence-electron chi connectivity index (χ1n) is 7.32. The molecule has 0 amide bonds. The normalized spacial score (nSPS) is 20.1. The van der Waals surface area contributed by atoms with Crippen LogP contribution in [0.3, 0.4) is 0 Å². The Morgan fingerprint density at radius 3 is 2.90 bits per heavy atom. The first-order chi connectivity index (χ1) is 9.58. The van der Waals surface area contributed by atoms with Crippen molar-refractivity contribution in [3.8, 4) is 0 Å². The van der Waals surface area contributed by atoms with Crippen LogP contribution in [0, 0.1) is 6.92 Å². The summed E-state index contributed by atoms with van der Waals surface area (Å²) in [6, 6.07) is 0.291. The maximum atomic E-state index is 11.8. The number of nitrogens with two attached hydrogens (primary N) is 1. The van der Waals surface area contributed by atoms with Crippen LogP contribution in [0.4, 0.5) is 5.82 Å². The van der Waals surface area contributed by atoms with Crippen LogP contribution in [0.1, 0.15) is 49.0 Å². The molecule has 0 radical (unpaired) electrons. The van der Waals surface area contributed by atoms with Gasteiger partial charge in [0.1, 0.15) is 11.6 Å². The lowest BCUT2D eigenvalue weighted by molar-refractivity contribution is 0.0521. The largest absolute Gasteiger partial charge is 0.461 e. The van der Waals surface area contributed by atoms with Crippen LogP contribution >= 0.6 is 0 Å². The first kappa shape index (κ1) is 14.8. The summed E-state index contributed by atoms with van der Waals surface area (Å²) in [6.45, 7) is 9.29. The zero-order valence-corrected chi connectivity index (χ0v) is 12.6. The number of carbonyl (C=O) groups is 1. The van der Waals surface area contributed by atoms with Crippen molar-refractivity contribution < 1.29 is 9.53 Å². The van der Waals surface area contributed by atoms with Crippen LogP contribution in [0.5, 0.6) is 0 Å². The minimum absolute atomic E-state index is 0.248. The molecule has 6 heteroatoms. The van der Waals surface area contributed by atoms with Gasteiger partial charge in [0.2, 0.25) is 0 Å². The molecule has 0 aromatic carbocycles. The Hall–Kier alpha value is -1.56. The Labute approximate surface area is 119 Å². The third-order valence-electron chi connectivity index (χ3n) is 3.89. The summed E-state index contributed by atoms with van der Waals surface area (Å²) in [5, 5.41) is 0. The highest BCUT2D eigenvalue weighted by Gasteiger charge is 2.27. The molecule has 0 aliphatic carbocycles. The van der Waals surface area contributed by atoms with Crippen LogP contribution in [-0.4, -0.2) is 46.7 Å². The summed E-state index contributed by atoms with van der Waals surface area (Å²) in [5.74, 6) is 0.785. The lowest BCUT2D eigenvalue weighted by Gasteiger charge is -2.33. The number of nitrogen functional groups attached to an aromatic ring is 1. The van der Waals surface area contributed by atoms with Gasteiger partial charge in [0.15, 0.2) is 5.69 Å². The van der Waals surface area contributed by atoms with E-state index in [1.54, 1.807) is 6.92 Å². The molecular formula is C14H24N4O2. The Bertz CT molecular complexity index is 484. The quantitative estimate of drug-likeness (QED) is 0.848. The SMILES string of the molecule is CCOC(=O)c1nc(C)n(C2CCCN(CC)C2)c1N. The van der Waals surface area contributed by atoms with Crippen LogP contribution in [0.25, 0.3) is 0 Å². The number of aromatic nitrogens is 2. The van der Waals surface area contributed by atoms with E-state index in [1.165, 1.54) is 0 Å². The smallest absolute Gasteiger partial charge is 0.360 e. The van der Waals surface area contributed by atoms with Crippen LogP contribution < -0.4 is 5.73 Å². The van der Waals surface area contributed by atoms with Crippen molar-refractivity contribution in [2.24, 2.45) is 0 Å². The molecule has 1 unspecified atom stereocenters. The average Bonchev–Trinajstić information content (AvgIpc) is 2.74. The molecule has 2 rings (SSSR count). The van der Waals surface area contributed by atoms with Gasteiger partial charge in [-0.1, -0.05) is 6.92 Å². The monoisotopic (exact) mass is 280 g/mol. The van der Waals surface area contributed by atoms with Crippen molar-refractivity contribution in [2.45, 2.75) is 39.7 Å². The topological polar surface area (TPSA) is 73.4 Å². The van der Waals surface area contributed by atoms with Gasteiger partial charge >= 0.3 is 5.97 Å². The molecule has 2 N–H and O–H groups in total. The van der Waals surface area contributed by atoms with Crippen LogP contribution in [0.15, 0.2) is 0 Å². The predicted octanol–water partition coefficient (Wildman–Crippen LogP) is 1.61. The van der Waals surface area contributed by atoms with Gasteiger partial charge in [-0.05, 0) is 39.8 Å². The lowest BCUT2D eigenvalue weighted by atomic mass is 10.1. The Morgan fingerprint density at radius 1 is 1.50 bits per heavy atom. The molecule has 0 saturated carbocycles. The van der Waals surface area contributed by atoms with E-state index < -0.39 is 5.97 Å². The second-order valence-corrected chi connectivity index (χ2v) is 5.17. The van der Waals surface area contributed by atoms with Gasteiger partial charge in [-0.2, -0.15) is 0 Å². The van der Waals surface area contributed by atoms with Crippen molar-refractivity contribution >= 4 is 11.8 Å². The molecule has 2 heterocycles. The van der Waals surface area contributed by atoms with Gasteiger partial charge in [0.25, 0.3) is 0 Å². The predicted molar refractivity (Wildman–Crippen MR) is 77.7 cm³/mol. The first-order valence-corrected chi connectivity index (χ1v) is 7.32. The summed E-state index contributed by atoms with van der Waals surface area (Å²) in [5.41, 5.74) is 6.38. The molecule has 1 aromatic rings. The van der Waals surface area contributed by atoms with Crippen molar-refractivity contribution in [3.05, 3.63) is 11.5 Å². The summed E-state index contributed by atoms with van der Waals surface area (Å²) < 4.78 is 7.00. The van der Waals surface area contributed by atoms with E-state index >= 15 is 0 Å². The fourth-order valence-corrected chi connectivity index (χ4v) is 2.90. The molecule has 6 nitrogen and oxygen atoms in total. The number of piperidine rings is 1. The lowest BCUT2D eigenvalue weighted by Crippen LogP contribution is -2.37. The molecule has 1 saturated heterocycles. The van der Waals surface area contributed by atoms with Crippen molar-refractivity contribution in [2.75, 3.05) is 32.0 Å². The molecule has 1 aliphatic heterocycles. The second-order valence-electron chi connectivity index (χ2n) is 5.17. The number of anilines is 1. The minimum atomic E-state index is -0.435. The summed E-state index contributed by atoms with van der Waals surface area (Å²) in [4.78, 5) is 18.5. The number of imidazole rings is 1. The molecule has 20 heavy (non-hydrogen) atoms. The highest BCUT2D eigenvalue weighted by Crippen LogP contribution is 2.27. The maximum Gasteiger partial charge on any atom is 0.360 e. The van der Waals surface area contributed by atoms with E-state index in [-0.39, 0.29) is 5.69 Å². The highest BCUT2D eigenvalue weighted by atomic mass is 16.5. The van der Waals surface area contributed by atoms with Crippen molar-refractivity contribution in [1.29, 1.82) is 0 Å². The summed E-state index contributed by atoms with van der Waals surface area (Å²) in [6.07, 6.45) is 2.21. The standard InChI is InChI=1S/C14H24N4O2/c1-4-17-8-6-7-11(9-17)18-10(3)16-12(13(18)15)14(19)20-5-2/h11H,4-9,15H2,1-3H3. The Balaban J connectivity index is 2.25. The molecule has 1 atom stereocenters. The number of aryl methyl sites for hydroxylation is 1. The zero-order valence-electron chi connectivity index (χ0n) is 12.6. The molecule has 1 fully saturated rings. The number of likely N-dealkylation sites (tertiary alicyclic amines) is 1. The maximum absolute atomic E-state index is 11.8. The van der Waals surface area contributed by atoms with Crippen LogP contribution in [-0.2, 0) is 4.74 Å². The molecule has 0 bridgehead atoms. The van der Waals surface area contributed by atoms with E-state index in [1.807, 2.05) is 11.5 Å². The van der Waals surface area contributed by atoms with E-state index in [4.69, 9.17) is 10.5 Å². The zero-order chi connectivity index (χ0) is 14.7. The van der Waals surface area contributed by atoms with E-state index in [0.717, 1.165) is 38.3 Å². The van der Waals surface area contributed by atoms with Crippen molar-refractivity contribution in [1.82, 2.24) is 14.5 Å². The number of hydrogen-bond donors (Lipinski definition) is 1. The van der Waals surface area contributed by atoms with Gasteiger partial charge in [0.05, 0.1) is 6.61 Å². The minimum Gasteiger partial charge on any atom is -0.461 e. The van der Waals surface area contributed by atoms with Gasteiger partial charge in [0, 0.05) is 12.6 Å². The van der Waals surface area contributed by atoms with E-state index in [9.17, 15) is 4.79 Å². The third-order valence-corrected chi connectivity index (χ3v) is 3.89. The third kappa shape index (κ3) is 2.80. The van der Waals surface area contributed by atoms with Gasteiger partial charge in [-0.25, -0.2) is 9.78 Å². The molecule has 112 valence electrons. The van der Waals surface area contributed by atoms with Crippen molar-refractivity contribution in [3.63, 3.8) is 0 Å². The molecule has 0 spiro atoms. The number of hydrogen-bond acceptors (Lipinski definition) is 5. The Morgan fingerprint density at radius 2 is 2.25 bits per heavy atom. The van der Waals surface area contributed by atoms with Gasteiger partial charge in [-0.3, -0.25) is 0 Å². The number of rotatable bonds is 4. The molecular weight excluding hydrogens is 256 g/mol. The van der Waals surface area contributed by atoms with E-state index in [2.05, 4.69) is 16.8 Å². The Kier molecular flexibility index (Phi) is 4.65. The van der Waals surface area contributed by atoms with Gasteiger partial charge < -0.3 is 19.9 Å². The fraction of sp³-hybridized carbons (Fsp3) is 0.714. The second kappa shape index (κ2) is 6.26. The van der Waals surface area contributed by atoms with Gasteiger partial charge in [-0.15, -0.1) is 0 Å². The van der Waals surface area contributed by atoms with E-state index in [0.29, 0.717) is 18.5 Å². The number of carbonyl (C=O) groups excluding carboxylic acids is 1. The number of nitrogens with zero attached hydrogens (tertiary/aromatic N) is 3. The fourth-order valence-electron chi connectivity index (χ4n) is 2.90. The average molecular weight is 280 g/mol. The highest BCUT2D eigenvalue weighted by molar-refractivity contribution is 5.92. The number of likely N-dealkylation sites (N-methyl/N-ethyl adjacent to an activating group) is 1.